The molecule has 4 nitrogen and oxygen atoms in total. The summed E-state index contributed by atoms with van der Waals surface area (Å²) in [4.78, 5) is 15.0. The highest BCUT2D eigenvalue weighted by Gasteiger charge is 2.48. The van der Waals surface area contributed by atoms with Gasteiger partial charge in [0.05, 0.1) is 5.41 Å². The lowest BCUT2D eigenvalue weighted by Crippen LogP contribution is -2.46. The van der Waals surface area contributed by atoms with Crippen molar-refractivity contribution in [2.75, 3.05) is 24.1 Å². The summed E-state index contributed by atoms with van der Waals surface area (Å²) >= 11 is 0. The van der Waals surface area contributed by atoms with Gasteiger partial charge in [-0.2, -0.15) is 0 Å². The van der Waals surface area contributed by atoms with Crippen molar-refractivity contribution < 1.29 is 4.79 Å². The van der Waals surface area contributed by atoms with Gasteiger partial charge in [0.25, 0.3) is 0 Å². The zero-order chi connectivity index (χ0) is 15.9. The van der Waals surface area contributed by atoms with Gasteiger partial charge < -0.3 is 11.1 Å². The fourth-order valence-electron chi connectivity index (χ4n) is 3.88. The Hall–Kier alpha value is -2.33. The number of hydrogen-bond donors (Lipinski definition) is 2. The summed E-state index contributed by atoms with van der Waals surface area (Å²) in [6, 6.07) is 16.3. The molecule has 118 valence electrons. The number of nitrogens with two attached hydrogens (primary N) is 1. The number of hydrogen-bond acceptors (Lipinski definition) is 3. The van der Waals surface area contributed by atoms with Crippen LogP contribution in [-0.4, -0.2) is 23.9 Å². The number of carbonyl (C=O) groups excluding carboxylic acids is 1. The minimum Gasteiger partial charge on any atom is -0.399 e. The molecular formula is C19H21N3O. The van der Waals surface area contributed by atoms with E-state index in [0.717, 1.165) is 43.7 Å². The summed E-state index contributed by atoms with van der Waals surface area (Å²) in [5.74, 6) is 0.137. The van der Waals surface area contributed by atoms with Crippen LogP contribution in [0.3, 0.4) is 0 Å². The topological polar surface area (TPSA) is 58.4 Å². The van der Waals surface area contributed by atoms with Gasteiger partial charge in [-0.05, 0) is 49.2 Å². The highest BCUT2D eigenvalue weighted by atomic mass is 16.2. The predicted molar refractivity (Wildman–Crippen MR) is 92.1 cm³/mol. The van der Waals surface area contributed by atoms with E-state index in [0.29, 0.717) is 5.69 Å². The van der Waals surface area contributed by atoms with E-state index in [9.17, 15) is 4.79 Å². The summed E-state index contributed by atoms with van der Waals surface area (Å²) in [6.07, 6.45) is 1.73. The smallest absolute Gasteiger partial charge is 0.235 e. The van der Waals surface area contributed by atoms with Crippen LogP contribution in [-0.2, 0) is 16.8 Å². The molecule has 2 aromatic rings. The Morgan fingerprint density at radius 3 is 2.57 bits per heavy atom. The van der Waals surface area contributed by atoms with E-state index in [-0.39, 0.29) is 11.3 Å². The first-order valence-electron chi connectivity index (χ1n) is 8.15. The van der Waals surface area contributed by atoms with E-state index >= 15 is 0 Å². The maximum atomic E-state index is 12.6. The van der Waals surface area contributed by atoms with Gasteiger partial charge in [0.1, 0.15) is 0 Å². The van der Waals surface area contributed by atoms with E-state index in [4.69, 9.17) is 5.73 Å². The molecule has 1 amide bonds. The van der Waals surface area contributed by atoms with Gasteiger partial charge in [-0.15, -0.1) is 0 Å². The second kappa shape index (κ2) is 5.39. The van der Waals surface area contributed by atoms with Crippen LogP contribution in [0.15, 0.2) is 48.5 Å². The van der Waals surface area contributed by atoms with Crippen molar-refractivity contribution in [2.24, 2.45) is 0 Å². The molecule has 0 atom stereocenters. The lowest BCUT2D eigenvalue weighted by atomic mass is 9.73. The van der Waals surface area contributed by atoms with Gasteiger partial charge in [-0.3, -0.25) is 9.69 Å². The number of nitrogen functional groups attached to an aromatic ring is 1. The van der Waals surface area contributed by atoms with Crippen molar-refractivity contribution in [3.8, 4) is 0 Å². The van der Waals surface area contributed by atoms with Gasteiger partial charge in [-0.1, -0.05) is 36.4 Å². The molecule has 1 fully saturated rings. The largest absolute Gasteiger partial charge is 0.399 e. The first kappa shape index (κ1) is 14.3. The van der Waals surface area contributed by atoms with Crippen LogP contribution in [0.2, 0.25) is 0 Å². The SMILES string of the molecule is Nc1ccc2c(c1)NC(=O)C21CCN(Cc2ccccc2)CC1. The highest BCUT2D eigenvalue weighted by molar-refractivity contribution is 6.06. The van der Waals surface area contributed by atoms with Gasteiger partial charge in [0.2, 0.25) is 5.91 Å². The molecule has 0 aromatic heterocycles. The van der Waals surface area contributed by atoms with E-state index in [1.165, 1.54) is 5.56 Å². The molecule has 2 aliphatic heterocycles. The van der Waals surface area contributed by atoms with Gasteiger partial charge >= 0.3 is 0 Å². The second-order valence-electron chi connectivity index (χ2n) is 6.60. The first-order chi connectivity index (χ1) is 11.2. The molecule has 1 spiro atoms. The molecule has 3 N–H and O–H groups in total. The molecule has 23 heavy (non-hydrogen) atoms. The van der Waals surface area contributed by atoms with E-state index in [1.54, 1.807) is 0 Å². The molecule has 2 heterocycles. The first-order valence-corrected chi connectivity index (χ1v) is 8.15. The van der Waals surface area contributed by atoms with E-state index in [2.05, 4.69) is 34.5 Å². The molecule has 0 bridgehead atoms. The Morgan fingerprint density at radius 2 is 1.83 bits per heavy atom. The third-order valence-corrected chi connectivity index (χ3v) is 5.20. The molecule has 0 unspecified atom stereocenters. The maximum absolute atomic E-state index is 12.6. The number of anilines is 2. The lowest BCUT2D eigenvalue weighted by molar-refractivity contribution is -0.122. The molecule has 2 aliphatic rings. The summed E-state index contributed by atoms with van der Waals surface area (Å²) in [7, 11) is 0. The maximum Gasteiger partial charge on any atom is 0.235 e. The highest BCUT2D eigenvalue weighted by Crippen LogP contribution is 2.45. The number of piperidine rings is 1. The third kappa shape index (κ3) is 2.39. The standard InChI is InChI=1S/C19H21N3O/c20-15-6-7-16-17(12-15)21-18(23)19(16)8-10-22(11-9-19)13-14-4-2-1-3-5-14/h1-7,12H,8-11,13,20H2,(H,21,23). The van der Waals surface area contributed by atoms with Crippen LogP contribution in [0.5, 0.6) is 0 Å². The Bertz CT molecular complexity index is 734. The predicted octanol–water partition coefficient (Wildman–Crippen LogP) is 2.75. The van der Waals surface area contributed by atoms with E-state index in [1.807, 2.05) is 24.3 Å². The Kier molecular flexibility index (Phi) is 3.34. The van der Waals surface area contributed by atoms with Crippen molar-refractivity contribution in [1.29, 1.82) is 0 Å². The number of likely N-dealkylation sites (tertiary alicyclic amines) is 1. The molecule has 0 radical (unpaired) electrons. The van der Waals surface area contributed by atoms with Crippen molar-refractivity contribution in [2.45, 2.75) is 24.8 Å². The second-order valence-corrected chi connectivity index (χ2v) is 6.60. The van der Waals surface area contributed by atoms with Gasteiger partial charge in [0.15, 0.2) is 0 Å². The molecule has 4 heteroatoms. The number of nitrogens with zero attached hydrogens (tertiary/aromatic N) is 1. The van der Waals surface area contributed by atoms with E-state index < -0.39 is 0 Å². The quantitative estimate of drug-likeness (QED) is 0.839. The number of carbonyl (C=O) groups is 1. The fourth-order valence-corrected chi connectivity index (χ4v) is 3.88. The number of nitrogens with one attached hydrogen (secondary N) is 1. The van der Waals surface area contributed by atoms with Crippen LogP contribution in [0.1, 0.15) is 24.0 Å². The molecule has 1 saturated heterocycles. The summed E-state index contributed by atoms with van der Waals surface area (Å²) in [5, 5.41) is 3.03. The van der Waals surface area contributed by atoms with Crippen molar-refractivity contribution in [3.63, 3.8) is 0 Å². The summed E-state index contributed by atoms with van der Waals surface area (Å²) in [5.41, 5.74) is 9.52. The monoisotopic (exact) mass is 307 g/mol. The Labute approximate surface area is 136 Å². The minimum atomic E-state index is -0.365. The fraction of sp³-hybridized carbons (Fsp3) is 0.316. The van der Waals surface area contributed by atoms with Crippen LogP contribution in [0.25, 0.3) is 0 Å². The number of amides is 1. The molecule has 4 rings (SSSR count). The summed E-state index contributed by atoms with van der Waals surface area (Å²) < 4.78 is 0. The summed E-state index contributed by atoms with van der Waals surface area (Å²) in [6.45, 7) is 2.82. The van der Waals surface area contributed by atoms with Crippen LogP contribution < -0.4 is 11.1 Å². The van der Waals surface area contributed by atoms with Crippen molar-refractivity contribution in [1.82, 2.24) is 4.90 Å². The zero-order valence-corrected chi connectivity index (χ0v) is 13.1. The average molecular weight is 307 g/mol. The van der Waals surface area contributed by atoms with Gasteiger partial charge in [0, 0.05) is 17.9 Å². The lowest BCUT2D eigenvalue weighted by Gasteiger charge is -2.38. The number of rotatable bonds is 2. The molecule has 2 aromatic carbocycles. The normalized spacial score (nSPS) is 19.6. The van der Waals surface area contributed by atoms with Crippen molar-refractivity contribution >= 4 is 17.3 Å². The van der Waals surface area contributed by atoms with Crippen LogP contribution >= 0.6 is 0 Å². The molecule has 0 saturated carbocycles. The average Bonchev–Trinajstić information content (AvgIpc) is 2.82. The Morgan fingerprint density at radius 1 is 1.09 bits per heavy atom. The van der Waals surface area contributed by atoms with Crippen LogP contribution in [0, 0.1) is 0 Å². The minimum absolute atomic E-state index is 0.137. The van der Waals surface area contributed by atoms with Crippen molar-refractivity contribution in [3.05, 3.63) is 59.7 Å². The van der Waals surface area contributed by atoms with Gasteiger partial charge in [-0.25, -0.2) is 0 Å². The van der Waals surface area contributed by atoms with Crippen LogP contribution in [0.4, 0.5) is 11.4 Å². The zero-order valence-electron chi connectivity index (χ0n) is 13.1. The molecular weight excluding hydrogens is 286 g/mol. The Balaban J connectivity index is 1.52. The number of fused-ring (bicyclic) bond motifs is 2. The third-order valence-electron chi connectivity index (χ3n) is 5.20. The number of benzene rings is 2. The molecule has 0 aliphatic carbocycles.